The van der Waals surface area contributed by atoms with Crippen LogP contribution in [0.2, 0.25) is 18.1 Å². The average Bonchev–Trinajstić information content (AvgIpc) is 2.74. The molecule has 1 unspecified atom stereocenters. The molecule has 0 saturated heterocycles. The van der Waals surface area contributed by atoms with Gasteiger partial charge in [-0.15, -0.1) is 0 Å². The molecule has 35 heavy (non-hydrogen) atoms. The summed E-state index contributed by atoms with van der Waals surface area (Å²) in [6, 6.07) is 10.1. The molecule has 0 saturated carbocycles. The largest absolute Gasteiger partial charge is 0.433 e. The van der Waals surface area contributed by atoms with Crippen molar-refractivity contribution in [1.29, 1.82) is 0 Å². The fraction of sp³-hybridized carbons (Fsp3) is 0.400. The van der Waals surface area contributed by atoms with E-state index in [2.05, 4.69) is 38.8 Å². The molecule has 0 aliphatic carbocycles. The van der Waals surface area contributed by atoms with Crippen molar-refractivity contribution in [1.82, 2.24) is 4.98 Å². The molecule has 0 aliphatic rings. The lowest BCUT2D eigenvalue weighted by Crippen LogP contribution is -2.40. The Morgan fingerprint density at radius 1 is 0.914 bits per heavy atom. The van der Waals surface area contributed by atoms with Gasteiger partial charge in [-0.2, -0.15) is 26.3 Å². The van der Waals surface area contributed by atoms with Gasteiger partial charge in [-0.3, -0.25) is 0 Å². The third kappa shape index (κ3) is 5.87. The van der Waals surface area contributed by atoms with Crippen LogP contribution < -0.4 is 0 Å². The van der Waals surface area contributed by atoms with Crippen molar-refractivity contribution in [2.24, 2.45) is 0 Å². The molecule has 1 aromatic heterocycles. The Morgan fingerprint density at radius 2 is 1.54 bits per heavy atom. The van der Waals surface area contributed by atoms with Crippen LogP contribution in [0.4, 0.5) is 26.3 Å². The third-order valence-corrected chi connectivity index (χ3v) is 10.9. The Kier molecular flexibility index (Phi) is 7.15. The summed E-state index contributed by atoms with van der Waals surface area (Å²) in [5.74, 6) is 0. The first-order valence-electron chi connectivity index (χ1n) is 10.9. The van der Waals surface area contributed by atoms with Gasteiger partial charge in [0.25, 0.3) is 0 Å². The summed E-state index contributed by atoms with van der Waals surface area (Å²) >= 11 is 0. The van der Waals surface area contributed by atoms with E-state index in [9.17, 15) is 31.4 Å². The molecule has 0 spiro atoms. The molecule has 1 atom stereocenters. The molecule has 1 N–H and O–H groups in total. The van der Waals surface area contributed by atoms with Gasteiger partial charge in [0.2, 0.25) is 0 Å². The van der Waals surface area contributed by atoms with E-state index in [4.69, 9.17) is 4.43 Å². The van der Waals surface area contributed by atoms with E-state index in [1.54, 1.807) is 18.2 Å². The third-order valence-electron chi connectivity index (χ3n) is 6.43. The summed E-state index contributed by atoms with van der Waals surface area (Å²) < 4.78 is 87.3. The van der Waals surface area contributed by atoms with E-state index < -0.39 is 43.5 Å². The van der Waals surface area contributed by atoms with Crippen molar-refractivity contribution >= 4 is 19.2 Å². The van der Waals surface area contributed by atoms with Gasteiger partial charge in [0.05, 0.1) is 17.7 Å². The van der Waals surface area contributed by atoms with Crippen molar-refractivity contribution in [3.05, 3.63) is 76.5 Å². The van der Waals surface area contributed by atoms with Crippen LogP contribution in [0.1, 0.15) is 54.8 Å². The first-order chi connectivity index (χ1) is 15.9. The van der Waals surface area contributed by atoms with Crippen LogP contribution in [0.25, 0.3) is 10.9 Å². The number of fused-ring (bicyclic) bond motifs is 1. The van der Waals surface area contributed by atoms with Crippen LogP contribution >= 0.6 is 0 Å². The highest BCUT2D eigenvalue weighted by atomic mass is 28.4. The topological polar surface area (TPSA) is 42.4 Å². The van der Waals surface area contributed by atoms with Crippen LogP contribution in [-0.4, -0.2) is 18.4 Å². The second-order valence-electron chi connectivity index (χ2n) is 9.99. The number of halogens is 6. The number of alkyl halides is 6. The van der Waals surface area contributed by atoms with Crippen molar-refractivity contribution in [2.45, 2.75) is 64.0 Å². The number of aliphatic hydroxyl groups is 1. The molecule has 1 heterocycles. The van der Waals surface area contributed by atoms with Gasteiger partial charge in [-0.1, -0.05) is 57.2 Å². The maximum atomic E-state index is 13.5. The first kappa shape index (κ1) is 27.2. The van der Waals surface area contributed by atoms with Gasteiger partial charge in [0, 0.05) is 5.39 Å². The SMILES string of the molecule is CC(C)(C)[Si](C)(C)OCc1cccc(C(O)c2cc(C(F)(F)F)nc3c(C(F)(F)F)cccc23)c1. The fourth-order valence-electron chi connectivity index (χ4n) is 3.39. The summed E-state index contributed by atoms with van der Waals surface area (Å²) in [6.45, 7) is 10.6. The number of aromatic nitrogens is 1. The number of hydrogen-bond acceptors (Lipinski definition) is 3. The smallest absolute Gasteiger partial charge is 0.413 e. The molecule has 190 valence electrons. The van der Waals surface area contributed by atoms with E-state index in [1.807, 2.05) is 0 Å². The Hall–Kier alpha value is -2.43. The Balaban J connectivity index is 2.09. The van der Waals surface area contributed by atoms with Gasteiger partial charge >= 0.3 is 12.4 Å². The molecule has 0 bridgehead atoms. The lowest BCUT2D eigenvalue weighted by Gasteiger charge is -2.36. The van der Waals surface area contributed by atoms with Gasteiger partial charge in [-0.25, -0.2) is 4.98 Å². The highest BCUT2D eigenvalue weighted by molar-refractivity contribution is 6.74. The minimum Gasteiger partial charge on any atom is -0.413 e. The molecule has 3 rings (SSSR count). The molecule has 2 aromatic carbocycles. The molecule has 0 radical (unpaired) electrons. The lowest BCUT2D eigenvalue weighted by molar-refractivity contribution is -0.142. The van der Waals surface area contributed by atoms with Crippen molar-refractivity contribution < 1.29 is 35.9 Å². The number of benzene rings is 2. The molecule has 10 heteroatoms. The highest BCUT2D eigenvalue weighted by Gasteiger charge is 2.39. The van der Waals surface area contributed by atoms with Gasteiger partial charge < -0.3 is 9.53 Å². The van der Waals surface area contributed by atoms with Crippen LogP contribution in [0.5, 0.6) is 0 Å². The number of aliphatic hydroxyl groups excluding tert-OH is 1. The zero-order valence-corrected chi connectivity index (χ0v) is 21.0. The van der Waals surface area contributed by atoms with Crippen molar-refractivity contribution in [3.63, 3.8) is 0 Å². The molecular weight excluding hydrogens is 488 g/mol. The van der Waals surface area contributed by atoms with Gasteiger partial charge in [0.1, 0.15) is 11.8 Å². The van der Waals surface area contributed by atoms with E-state index in [1.165, 1.54) is 12.1 Å². The zero-order valence-electron chi connectivity index (χ0n) is 20.0. The Bertz CT molecular complexity index is 1220. The van der Waals surface area contributed by atoms with Crippen LogP contribution in [0, 0.1) is 0 Å². The number of rotatable bonds is 5. The normalized spacial score (nSPS) is 14.4. The molecule has 0 aliphatic heterocycles. The maximum Gasteiger partial charge on any atom is 0.433 e. The van der Waals surface area contributed by atoms with E-state index in [0.29, 0.717) is 17.7 Å². The standard InChI is InChI=1S/C25H27F6NO2Si/c1-23(2,3)35(4,5)34-14-15-8-6-9-16(12-15)22(33)18-13-20(25(29,30)31)32-21-17(18)10-7-11-19(21)24(26,27)28/h6-13,22,33H,14H2,1-5H3. The molecular formula is C25H27F6NO2Si. The summed E-state index contributed by atoms with van der Waals surface area (Å²) in [5.41, 5.74) is -3.05. The molecule has 0 amide bonds. The Labute approximate surface area is 200 Å². The number of hydrogen-bond donors (Lipinski definition) is 1. The van der Waals surface area contributed by atoms with Gasteiger partial charge in [-0.05, 0) is 47.0 Å². The average molecular weight is 516 g/mol. The maximum absolute atomic E-state index is 13.5. The quantitative estimate of drug-likeness (QED) is 0.278. The minimum absolute atomic E-state index is 0.0374. The lowest BCUT2D eigenvalue weighted by atomic mass is 9.94. The molecule has 3 aromatic rings. The highest BCUT2D eigenvalue weighted by Crippen LogP contribution is 2.40. The van der Waals surface area contributed by atoms with Crippen molar-refractivity contribution in [2.75, 3.05) is 0 Å². The summed E-state index contributed by atoms with van der Waals surface area (Å²) in [7, 11) is -2.09. The summed E-state index contributed by atoms with van der Waals surface area (Å²) in [4.78, 5) is 3.28. The molecule has 3 nitrogen and oxygen atoms in total. The van der Waals surface area contributed by atoms with E-state index in [0.717, 1.165) is 6.07 Å². The van der Waals surface area contributed by atoms with Crippen LogP contribution in [0.15, 0.2) is 48.5 Å². The summed E-state index contributed by atoms with van der Waals surface area (Å²) in [5, 5.41) is 10.8. The van der Waals surface area contributed by atoms with Crippen LogP contribution in [0.3, 0.4) is 0 Å². The first-order valence-corrected chi connectivity index (χ1v) is 13.8. The predicted octanol–water partition coefficient (Wildman–Crippen LogP) is 7.88. The monoisotopic (exact) mass is 515 g/mol. The second kappa shape index (κ2) is 9.22. The number of pyridine rings is 1. The van der Waals surface area contributed by atoms with Crippen molar-refractivity contribution in [3.8, 4) is 0 Å². The van der Waals surface area contributed by atoms with E-state index >= 15 is 0 Å². The fourth-order valence-corrected chi connectivity index (χ4v) is 4.35. The van der Waals surface area contributed by atoms with Gasteiger partial charge in [0.15, 0.2) is 8.32 Å². The molecule has 0 fully saturated rings. The second-order valence-corrected chi connectivity index (χ2v) is 14.8. The zero-order chi connectivity index (χ0) is 26.4. The number of para-hydroxylation sites is 1. The summed E-state index contributed by atoms with van der Waals surface area (Å²) in [6.07, 6.45) is -11.5. The van der Waals surface area contributed by atoms with Crippen LogP contribution in [-0.2, 0) is 23.4 Å². The number of nitrogens with zero attached hydrogens (tertiary/aromatic N) is 1. The Morgan fingerprint density at radius 3 is 2.11 bits per heavy atom. The van der Waals surface area contributed by atoms with E-state index in [-0.39, 0.29) is 28.2 Å². The minimum atomic E-state index is -5.00. The predicted molar refractivity (Wildman–Crippen MR) is 124 cm³/mol.